The summed E-state index contributed by atoms with van der Waals surface area (Å²) < 4.78 is 5.66. The van der Waals surface area contributed by atoms with E-state index in [4.69, 9.17) is 9.84 Å². The quantitative estimate of drug-likeness (QED) is 0.648. The average Bonchev–Trinajstić information content (AvgIpc) is 2.97. The second-order valence-corrected chi connectivity index (χ2v) is 7.21. The Morgan fingerprint density at radius 1 is 1.31 bits per heavy atom. The van der Waals surface area contributed by atoms with Gasteiger partial charge in [-0.15, -0.1) is 11.3 Å². The molecule has 26 heavy (non-hydrogen) atoms. The van der Waals surface area contributed by atoms with E-state index in [0.29, 0.717) is 23.7 Å². The van der Waals surface area contributed by atoms with Crippen molar-refractivity contribution in [1.82, 2.24) is 10.3 Å². The Balaban J connectivity index is 1.69. The van der Waals surface area contributed by atoms with Crippen LogP contribution in [0.3, 0.4) is 0 Å². The molecular formula is C19H24N2O4S. The Labute approximate surface area is 157 Å². The van der Waals surface area contributed by atoms with E-state index in [1.54, 1.807) is 6.92 Å². The van der Waals surface area contributed by atoms with Crippen LogP contribution in [0.25, 0.3) is 0 Å². The number of nitrogens with zero attached hydrogens (tertiary/aromatic N) is 1. The Hall–Kier alpha value is -2.41. The maximum atomic E-state index is 12.0. The van der Waals surface area contributed by atoms with E-state index < -0.39 is 5.97 Å². The summed E-state index contributed by atoms with van der Waals surface area (Å²) in [6.45, 7) is 6.05. The van der Waals surface area contributed by atoms with E-state index in [1.165, 1.54) is 0 Å². The first-order valence-electron chi connectivity index (χ1n) is 8.56. The minimum absolute atomic E-state index is 0.0715. The van der Waals surface area contributed by atoms with Gasteiger partial charge in [0.25, 0.3) is 0 Å². The number of benzene rings is 1. The highest BCUT2D eigenvalue weighted by molar-refractivity contribution is 7.13. The first-order chi connectivity index (χ1) is 12.4. The average molecular weight is 376 g/mol. The van der Waals surface area contributed by atoms with Gasteiger partial charge in [0.2, 0.25) is 5.91 Å². The summed E-state index contributed by atoms with van der Waals surface area (Å²) in [5.74, 6) is -0.215. The molecule has 0 spiro atoms. The number of nitrogens with one attached hydrogen (secondary N) is 1. The fourth-order valence-electron chi connectivity index (χ4n) is 2.46. The molecule has 140 valence electrons. The standard InChI is InChI=1S/C19H24N2O4S/c1-12-7-6-8-15(11-12)25-10-5-4-9-16(22)20-14(3)18-21-13(2)17(26-18)19(23)24/h6-8,11,14H,4-5,9-10H2,1-3H3,(H,20,22)(H,23,24). The summed E-state index contributed by atoms with van der Waals surface area (Å²) in [4.78, 5) is 27.6. The molecule has 1 aromatic heterocycles. The number of aryl methyl sites for hydroxylation is 2. The highest BCUT2D eigenvalue weighted by atomic mass is 32.1. The van der Waals surface area contributed by atoms with Crippen LogP contribution in [0.15, 0.2) is 24.3 Å². The number of rotatable bonds is 9. The van der Waals surface area contributed by atoms with Crippen molar-refractivity contribution in [2.75, 3.05) is 6.61 Å². The van der Waals surface area contributed by atoms with E-state index >= 15 is 0 Å². The summed E-state index contributed by atoms with van der Waals surface area (Å²) in [6, 6.07) is 7.57. The molecule has 0 aliphatic rings. The van der Waals surface area contributed by atoms with Crippen molar-refractivity contribution < 1.29 is 19.4 Å². The van der Waals surface area contributed by atoms with Crippen molar-refractivity contribution >= 4 is 23.2 Å². The third-order valence-corrected chi connectivity index (χ3v) is 5.14. The Kier molecular flexibility index (Phi) is 7.15. The smallest absolute Gasteiger partial charge is 0.347 e. The maximum absolute atomic E-state index is 12.0. The van der Waals surface area contributed by atoms with Crippen LogP contribution in [-0.2, 0) is 4.79 Å². The molecule has 0 aliphatic carbocycles. The largest absolute Gasteiger partial charge is 0.494 e. The van der Waals surface area contributed by atoms with Gasteiger partial charge < -0.3 is 15.2 Å². The summed E-state index contributed by atoms with van der Waals surface area (Å²) in [6.07, 6.45) is 1.91. The minimum atomic E-state index is -0.988. The van der Waals surface area contributed by atoms with Crippen molar-refractivity contribution in [3.05, 3.63) is 45.4 Å². The minimum Gasteiger partial charge on any atom is -0.494 e. The normalized spacial score (nSPS) is 11.8. The number of aromatic nitrogens is 1. The molecule has 1 amide bonds. The van der Waals surface area contributed by atoms with E-state index in [1.807, 2.05) is 38.1 Å². The highest BCUT2D eigenvalue weighted by Gasteiger charge is 2.18. The van der Waals surface area contributed by atoms with Crippen molar-refractivity contribution in [2.45, 2.75) is 46.1 Å². The number of thiazole rings is 1. The molecule has 0 saturated heterocycles. The first kappa shape index (κ1) is 19.9. The van der Waals surface area contributed by atoms with Gasteiger partial charge in [-0.05, 0) is 51.3 Å². The fourth-order valence-corrected chi connectivity index (χ4v) is 3.37. The summed E-state index contributed by atoms with van der Waals surface area (Å²) in [5, 5.41) is 12.6. The molecule has 7 heteroatoms. The maximum Gasteiger partial charge on any atom is 0.347 e. The van der Waals surface area contributed by atoms with Crippen LogP contribution in [0.2, 0.25) is 0 Å². The van der Waals surface area contributed by atoms with Crippen LogP contribution >= 0.6 is 11.3 Å². The zero-order valence-corrected chi connectivity index (χ0v) is 16.1. The number of carboxylic acid groups (broad SMARTS) is 1. The van der Waals surface area contributed by atoms with Gasteiger partial charge in [0, 0.05) is 6.42 Å². The van der Waals surface area contributed by atoms with E-state index in [9.17, 15) is 9.59 Å². The second kappa shape index (κ2) is 9.33. The fraction of sp³-hybridized carbons (Fsp3) is 0.421. The lowest BCUT2D eigenvalue weighted by Crippen LogP contribution is -2.26. The number of ether oxygens (including phenoxy) is 1. The van der Waals surface area contributed by atoms with Crippen LogP contribution in [0.4, 0.5) is 0 Å². The molecule has 0 fully saturated rings. The second-order valence-electron chi connectivity index (χ2n) is 6.18. The van der Waals surface area contributed by atoms with Crippen molar-refractivity contribution in [2.24, 2.45) is 0 Å². The Morgan fingerprint density at radius 2 is 2.08 bits per heavy atom. The van der Waals surface area contributed by atoms with Gasteiger partial charge in [-0.1, -0.05) is 12.1 Å². The lowest BCUT2D eigenvalue weighted by atomic mass is 10.2. The number of hydrogen-bond acceptors (Lipinski definition) is 5. The monoisotopic (exact) mass is 376 g/mol. The molecule has 2 rings (SSSR count). The van der Waals surface area contributed by atoms with Crippen molar-refractivity contribution in [3.63, 3.8) is 0 Å². The van der Waals surface area contributed by atoms with Crippen LogP contribution in [-0.4, -0.2) is 28.6 Å². The van der Waals surface area contributed by atoms with Crippen LogP contribution in [0.5, 0.6) is 5.75 Å². The first-order valence-corrected chi connectivity index (χ1v) is 9.38. The molecule has 0 aliphatic heterocycles. The molecule has 2 N–H and O–H groups in total. The number of carboxylic acids is 1. The van der Waals surface area contributed by atoms with Gasteiger partial charge in [-0.2, -0.15) is 0 Å². The van der Waals surface area contributed by atoms with Gasteiger partial charge >= 0.3 is 5.97 Å². The number of carbonyl (C=O) groups excluding carboxylic acids is 1. The summed E-state index contributed by atoms with van der Waals surface area (Å²) in [5.41, 5.74) is 1.63. The lowest BCUT2D eigenvalue weighted by Gasteiger charge is -2.11. The van der Waals surface area contributed by atoms with Crippen LogP contribution in [0, 0.1) is 13.8 Å². The molecule has 1 atom stereocenters. The predicted octanol–water partition coefficient (Wildman–Crippen LogP) is 3.88. The molecule has 1 heterocycles. The molecule has 0 saturated carbocycles. The van der Waals surface area contributed by atoms with E-state index in [0.717, 1.165) is 35.5 Å². The van der Waals surface area contributed by atoms with Gasteiger partial charge in [0.15, 0.2) is 0 Å². The van der Waals surface area contributed by atoms with Crippen molar-refractivity contribution in [3.8, 4) is 5.75 Å². The zero-order valence-electron chi connectivity index (χ0n) is 15.2. The number of carbonyl (C=O) groups is 2. The van der Waals surface area contributed by atoms with Crippen LogP contribution in [0.1, 0.15) is 58.2 Å². The van der Waals surface area contributed by atoms with Gasteiger partial charge in [0.1, 0.15) is 15.6 Å². The number of aromatic carboxylic acids is 1. The highest BCUT2D eigenvalue weighted by Crippen LogP contribution is 2.23. The van der Waals surface area contributed by atoms with Gasteiger partial charge in [-0.3, -0.25) is 4.79 Å². The van der Waals surface area contributed by atoms with E-state index in [2.05, 4.69) is 10.3 Å². The number of unbranched alkanes of at least 4 members (excludes halogenated alkanes) is 1. The summed E-state index contributed by atoms with van der Waals surface area (Å²) >= 11 is 1.10. The molecule has 6 nitrogen and oxygen atoms in total. The third-order valence-electron chi connectivity index (χ3n) is 3.81. The topological polar surface area (TPSA) is 88.5 Å². The van der Waals surface area contributed by atoms with Crippen LogP contribution < -0.4 is 10.1 Å². The SMILES string of the molecule is Cc1cccc(OCCCCC(=O)NC(C)c2nc(C)c(C(=O)O)s2)c1. The molecule has 1 aromatic carbocycles. The molecular weight excluding hydrogens is 352 g/mol. The van der Waals surface area contributed by atoms with Gasteiger partial charge in [0.05, 0.1) is 18.3 Å². The number of amides is 1. The Morgan fingerprint density at radius 3 is 2.73 bits per heavy atom. The summed E-state index contributed by atoms with van der Waals surface area (Å²) in [7, 11) is 0. The van der Waals surface area contributed by atoms with E-state index in [-0.39, 0.29) is 16.8 Å². The van der Waals surface area contributed by atoms with Gasteiger partial charge in [-0.25, -0.2) is 9.78 Å². The molecule has 0 radical (unpaired) electrons. The number of hydrogen-bond donors (Lipinski definition) is 2. The molecule has 1 unspecified atom stereocenters. The van der Waals surface area contributed by atoms with Crippen molar-refractivity contribution in [1.29, 1.82) is 0 Å². The zero-order chi connectivity index (χ0) is 19.1. The Bertz CT molecular complexity index is 773. The molecule has 2 aromatic rings. The third kappa shape index (κ3) is 5.84. The lowest BCUT2D eigenvalue weighted by molar-refractivity contribution is -0.121. The predicted molar refractivity (Wildman–Crippen MR) is 101 cm³/mol. The molecule has 0 bridgehead atoms.